The molecule has 27 heavy (non-hydrogen) atoms. The lowest BCUT2D eigenvalue weighted by Crippen LogP contribution is -2.42. The third-order valence-corrected chi connectivity index (χ3v) is 4.66. The molecule has 3 N–H and O–H groups in total. The van der Waals surface area contributed by atoms with E-state index in [4.69, 9.17) is 15.2 Å². The Morgan fingerprint density at radius 3 is 2.74 bits per heavy atom. The predicted molar refractivity (Wildman–Crippen MR) is 124 cm³/mol. The van der Waals surface area contributed by atoms with Gasteiger partial charge in [-0.3, -0.25) is 9.89 Å². The van der Waals surface area contributed by atoms with Crippen LogP contribution < -0.4 is 20.5 Å². The highest BCUT2D eigenvalue weighted by molar-refractivity contribution is 14.0. The monoisotopic (exact) mass is 490 g/mol. The zero-order chi connectivity index (χ0) is 18.9. The van der Waals surface area contributed by atoms with Crippen molar-refractivity contribution in [1.29, 1.82) is 0 Å². The summed E-state index contributed by atoms with van der Waals surface area (Å²) in [7, 11) is 0. The first-order chi connectivity index (χ1) is 12.5. The van der Waals surface area contributed by atoms with Gasteiger partial charge in [-0.25, -0.2) is 0 Å². The maximum Gasteiger partial charge on any atom is 0.193 e. The van der Waals surface area contributed by atoms with E-state index in [1.807, 2.05) is 32.0 Å². The third kappa shape index (κ3) is 7.73. The van der Waals surface area contributed by atoms with Gasteiger partial charge < -0.3 is 20.5 Å². The summed E-state index contributed by atoms with van der Waals surface area (Å²) >= 11 is 0. The van der Waals surface area contributed by atoms with E-state index in [1.165, 1.54) is 12.8 Å². The van der Waals surface area contributed by atoms with Gasteiger partial charge in [0.05, 0.1) is 25.4 Å². The van der Waals surface area contributed by atoms with Crippen LogP contribution in [0.4, 0.5) is 5.69 Å². The number of guanidine groups is 1. The number of benzene rings is 1. The molecule has 0 aliphatic carbocycles. The van der Waals surface area contributed by atoms with E-state index in [-0.39, 0.29) is 24.0 Å². The number of anilines is 1. The first-order valence-corrected chi connectivity index (χ1v) is 9.74. The number of halogens is 1. The lowest BCUT2D eigenvalue weighted by Gasteiger charge is -2.34. The van der Waals surface area contributed by atoms with Crippen LogP contribution in [0.2, 0.25) is 0 Å². The van der Waals surface area contributed by atoms with Gasteiger partial charge in [0.25, 0.3) is 0 Å². The fraction of sp³-hybridized carbons (Fsp3) is 0.650. The molecule has 2 unspecified atom stereocenters. The van der Waals surface area contributed by atoms with Gasteiger partial charge in [0.15, 0.2) is 5.96 Å². The van der Waals surface area contributed by atoms with E-state index >= 15 is 0 Å². The molecule has 2 atom stereocenters. The van der Waals surface area contributed by atoms with Gasteiger partial charge in [-0.05, 0) is 58.2 Å². The highest BCUT2D eigenvalue weighted by atomic mass is 127. The molecule has 1 aromatic rings. The number of aliphatic imine (C=N–C) groups is 1. The molecule has 7 heteroatoms. The Labute approximate surface area is 180 Å². The van der Waals surface area contributed by atoms with Gasteiger partial charge in [0.1, 0.15) is 11.5 Å². The molecule has 0 aromatic heterocycles. The van der Waals surface area contributed by atoms with Crippen LogP contribution in [0.15, 0.2) is 23.2 Å². The first kappa shape index (κ1) is 23.8. The quantitative estimate of drug-likeness (QED) is 0.328. The highest BCUT2D eigenvalue weighted by Crippen LogP contribution is 2.29. The molecule has 1 saturated heterocycles. The van der Waals surface area contributed by atoms with Crippen molar-refractivity contribution in [1.82, 2.24) is 4.90 Å². The second kappa shape index (κ2) is 12.3. The van der Waals surface area contributed by atoms with Crippen molar-refractivity contribution in [2.45, 2.75) is 46.6 Å². The molecular formula is C20H35IN4O2. The largest absolute Gasteiger partial charge is 0.494 e. The Morgan fingerprint density at radius 1 is 1.33 bits per heavy atom. The fourth-order valence-electron chi connectivity index (χ4n) is 3.29. The predicted octanol–water partition coefficient (Wildman–Crippen LogP) is 3.95. The average molecular weight is 490 g/mol. The van der Waals surface area contributed by atoms with Crippen LogP contribution in [0.1, 0.15) is 40.5 Å². The van der Waals surface area contributed by atoms with Crippen molar-refractivity contribution in [3.63, 3.8) is 0 Å². The number of rotatable bonds is 8. The van der Waals surface area contributed by atoms with Crippen LogP contribution in [0.3, 0.4) is 0 Å². The molecular weight excluding hydrogens is 455 g/mol. The summed E-state index contributed by atoms with van der Waals surface area (Å²) in [4.78, 5) is 7.05. The summed E-state index contributed by atoms with van der Waals surface area (Å²) < 4.78 is 11.2. The molecule has 1 heterocycles. The van der Waals surface area contributed by atoms with E-state index in [0.29, 0.717) is 31.8 Å². The molecule has 6 nitrogen and oxygen atoms in total. The van der Waals surface area contributed by atoms with Crippen molar-refractivity contribution in [3.05, 3.63) is 18.2 Å². The lowest BCUT2D eigenvalue weighted by atomic mass is 9.99. The average Bonchev–Trinajstić information content (AvgIpc) is 2.62. The zero-order valence-electron chi connectivity index (χ0n) is 17.0. The Morgan fingerprint density at radius 2 is 2.07 bits per heavy atom. The maximum atomic E-state index is 6.12. The normalized spacial score (nSPS) is 19.1. The number of hydrogen-bond donors (Lipinski definition) is 2. The summed E-state index contributed by atoms with van der Waals surface area (Å²) in [5.41, 5.74) is 6.90. The van der Waals surface area contributed by atoms with Crippen LogP contribution in [0, 0.1) is 5.92 Å². The van der Waals surface area contributed by atoms with E-state index in [0.717, 1.165) is 36.2 Å². The molecule has 2 rings (SSSR count). The third-order valence-electron chi connectivity index (χ3n) is 4.66. The van der Waals surface area contributed by atoms with E-state index in [9.17, 15) is 0 Å². The topological polar surface area (TPSA) is 72.1 Å². The first-order valence-electron chi connectivity index (χ1n) is 9.74. The van der Waals surface area contributed by atoms with Gasteiger partial charge in [0, 0.05) is 18.7 Å². The van der Waals surface area contributed by atoms with E-state index < -0.39 is 0 Å². The molecule has 0 saturated carbocycles. The molecule has 0 spiro atoms. The smallest absolute Gasteiger partial charge is 0.193 e. The molecule has 0 bridgehead atoms. The van der Waals surface area contributed by atoms with Gasteiger partial charge in [-0.1, -0.05) is 6.92 Å². The number of nitrogens with two attached hydrogens (primary N) is 1. The van der Waals surface area contributed by atoms with E-state index in [2.05, 4.69) is 29.1 Å². The minimum absolute atomic E-state index is 0. The number of piperidine rings is 1. The van der Waals surface area contributed by atoms with Crippen LogP contribution >= 0.6 is 24.0 Å². The minimum atomic E-state index is 0. The molecule has 1 aromatic carbocycles. The standard InChI is InChI=1S/C20H34N4O2.HI/c1-5-25-17-9-10-19(26-6-2)18(12-17)23-20(21)22-13-16(4)24-11-7-8-15(3)14-24;/h9-10,12,15-16H,5-8,11,13-14H2,1-4H3,(H3,21,22,23);1H. The fourth-order valence-corrected chi connectivity index (χ4v) is 3.29. The van der Waals surface area contributed by atoms with Gasteiger partial charge >= 0.3 is 0 Å². The summed E-state index contributed by atoms with van der Waals surface area (Å²) in [6.45, 7) is 12.6. The van der Waals surface area contributed by atoms with E-state index in [1.54, 1.807) is 0 Å². The molecule has 0 radical (unpaired) electrons. The Kier molecular flexibility index (Phi) is 10.8. The molecule has 1 aliphatic rings. The molecule has 154 valence electrons. The second-order valence-electron chi connectivity index (χ2n) is 6.97. The van der Waals surface area contributed by atoms with Gasteiger partial charge in [0.2, 0.25) is 0 Å². The van der Waals surface area contributed by atoms with Crippen LogP contribution in [0.5, 0.6) is 11.5 Å². The van der Waals surface area contributed by atoms with Crippen LogP contribution in [-0.2, 0) is 0 Å². The van der Waals surface area contributed by atoms with Crippen LogP contribution in [-0.4, -0.2) is 49.7 Å². The summed E-state index contributed by atoms with van der Waals surface area (Å²) in [5, 5.41) is 3.17. The molecule has 0 amide bonds. The van der Waals surface area contributed by atoms with Crippen molar-refractivity contribution in [3.8, 4) is 11.5 Å². The number of nitrogens with zero attached hydrogens (tertiary/aromatic N) is 2. The van der Waals surface area contributed by atoms with Crippen LogP contribution in [0.25, 0.3) is 0 Å². The van der Waals surface area contributed by atoms with Gasteiger partial charge in [-0.2, -0.15) is 0 Å². The van der Waals surface area contributed by atoms with Crippen molar-refractivity contribution in [2.75, 3.05) is 38.2 Å². The Balaban J connectivity index is 0.00000364. The number of ether oxygens (including phenoxy) is 2. The summed E-state index contributed by atoms with van der Waals surface area (Å²) in [5.74, 6) is 2.69. The number of likely N-dealkylation sites (tertiary alicyclic amines) is 1. The second-order valence-corrected chi connectivity index (χ2v) is 6.97. The Hall–Kier alpha value is -1.22. The zero-order valence-corrected chi connectivity index (χ0v) is 19.4. The van der Waals surface area contributed by atoms with Crippen molar-refractivity contribution in [2.24, 2.45) is 16.6 Å². The minimum Gasteiger partial charge on any atom is -0.494 e. The van der Waals surface area contributed by atoms with Gasteiger partial charge in [-0.15, -0.1) is 24.0 Å². The molecule has 1 fully saturated rings. The van der Waals surface area contributed by atoms with Crippen molar-refractivity contribution >= 4 is 35.6 Å². The maximum absolute atomic E-state index is 6.12. The van der Waals surface area contributed by atoms with Crippen molar-refractivity contribution < 1.29 is 9.47 Å². The summed E-state index contributed by atoms with van der Waals surface area (Å²) in [6.07, 6.45) is 2.59. The highest BCUT2D eigenvalue weighted by Gasteiger charge is 2.20. The number of hydrogen-bond acceptors (Lipinski definition) is 4. The molecule has 1 aliphatic heterocycles. The number of nitrogens with one attached hydrogen (secondary N) is 1. The summed E-state index contributed by atoms with van der Waals surface area (Å²) in [6, 6.07) is 6.07. The SMILES string of the molecule is CCOc1ccc(OCC)c(NC(N)=NCC(C)N2CCCC(C)C2)c1.I. The Bertz CT molecular complexity index is 597. The lowest BCUT2D eigenvalue weighted by molar-refractivity contribution is 0.142.